The number of aliphatic hydroxyl groups excluding tert-OH is 2. The molecule has 0 saturated carbocycles. The van der Waals surface area contributed by atoms with Crippen LogP contribution in [0.25, 0.3) is 0 Å². The van der Waals surface area contributed by atoms with Crippen LogP contribution in [0.15, 0.2) is 12.1 Å². The lowest BCUT2D eigenvalue weighted by Crippen LogP contribution is -2.29. The molecule has 1 aromatic rings. The summed E-state index contributed by atoms with van der Waals surface area (Å²) >= 11 is 0.866. The predicted octanol–water partition coefficient (Wildman–Crippen LogP) is 0.270. The van der Waals surface area contributed by atoms with E-state index in [2.05, 4.69) is 5.32 Å². The van der Waals surface area contributed by atoms with Crippen molar-refractivity contribution >= 4 is 16.3 Å². The Hall–Kier alpha value is -1.02. The molecule has 0 fully saturated rings. The van der Waals surface area contributed by atoms with Gasteiger partial charge in [-0.1, -0.05) is 11.3 Å². The lowest BCUT2D eigenvalue weighted by Gasteiger charge is -2.15. The summed E-state index contributed by atoms with van der Waals surface area (Å²) < 4.78 is 0. The molecule has 0 aliphatic carbocycles. The smallest absolute Gasteiger partial charge is 0.324 e. The van der Waals surface area contributed by atoms with Crippen LogP contribution in [0.1, 0.15) is 11.0 Å². The predicted molar refractivity (Wildman–Crippen MR) is 55.9 cm³/mol. The maximum atomic E-state index is 10.4. The summed E-state index contributed by atoms with van der Waals surface area (Å²) in [6, 6.07) is 2.77. The highest BCUT2D eigenvalue weighted by Gasteiger charge is 2.21. The number of hydrogen-bond donors (Lipinski definition) is 3. The molecule has 0 bridgehead atoms. The number of nitrogens with one attached hydrogen (secondary N) is 1. The molecule has 2 unspecified atom stereocenters. The second-order valence-electron chi connectivity index (χ2n) is 3.00. The van der Waals surface area contributed by atoms with Gasteiger partial charge in [0.2, 0.25) is 0 Å². The van der Waals surface area contributed by atoms with Gasteiger partial charge in [-0.05, 0) is 13.1 Å². The zero-order valence-electron chi connectivity index (χ0n) is 8.08. The number of nitrogens with zero attached hydrogens (tertiary/aromatic N) is 1. The molecule has 0 spiro atoms. The van der Waals surface area contributed by atoms with Crippen LogP contribution in [0.5, 0.6) is 0 Å². The molecule has 84 valence electrons. The van der Waals surface area contributed by atoms with E-state index in [4.69, 9.17) is 0 Å². The van der Waals surface area contributed by atoms with Gasteiger partial charge >= 0.3 is 5.00 Å². The third-order valence-corrected chi connectivity index (χ3v) is 2.97. The minimum absolute atomic E-state index is 0.0410. The number of likely N-dealkylation sites (N-methyl/N-ethyl adjacent to an activating group) is 1. The fraction of sp³-hybridized carbons (Fsp3) is 0.500. The van der Waals surface area contributed by atoms with Crippen molar-refractivity contribution in [2.24, 2.45) is 0 Å². The van der Waals surface area contributed by atoms with E-state index in [-0.39, 0.29) is 11.5 Å². The van der Waals surface area contributed by atoms with Crippen LogP contribution in [0.2, 0.25) is 0 Å². The Morgan fingerprint density at radius 2 is 2.27 bits per heavy atom. The SMILES string of the molecule is CNCC(O)C(O)c1ccc([N+](=O)[O-])s1. The van der Waals surface area contributed by atoms with E-state index in [1.54, 1.807) is 7.05 Å². The van der Waals surface area contributed by atoms with Crippen molar-refractivity contribution in [1.29, 1.82) is 0 Å². The largest absolute Gasteiger partial charge is 0.389 e. The molecule has 1 rings (SSSR count). The van der Waals surface area contributed by atoms with Crippen LogP contribution in [0.3, 0.4) is 0 Å². The van der Waals surface area contributed by atoms with Crippen LogP contribution in [0.4, 0.5) is 5.00 Å². The molecule has 6 nitrogen and oxygen atoms in total. The monoisotopic (exact) mass is 232 g/mol. The van der Waals surface area contributed by atoms with Crippen LogP contribution in [-0.2, 0) is 0 Å². The Morgan fingerprint density at radius 3 is 2.73 bits per heavy atom. The maximum absolute atomic E-state index is 10.4. The molecule has 2 atom stereocenters. The average molecular weight is 232 g/mol. The van der Waals surface area contributed by atoms with Crippen LogP contribution in [0, 0.1) is 10.1 Å². The van der Waals surface area contributed by atoms with Crippen LogP contribution >= 0.6 is 11.3 Å². The van der Waals surface area contributed by atoms with Gasteiger partial charge in [-0.15, -0.1) is 0 Å². The van der Waals surface area contributed by atoms with E-state index in [1.807, 2.05) is 0 Å². The molecule has 0 radical (unpaired) electrons. The van der Waals surface area contributed by atoms with E-state index in [0.29, 0.717) is 4.88 Å². The van der Waals surface area contributed by atoms with Gasteiger partial charge in [-0.2, -0.15) is 0 Å². The van der Waals surface area contributed by atoms with Crippen molar-refractivity contribution in [3.8, 4) is 0 Å². The van der Waals surface area contributed by atoms with Gasteiger partial charge in [0.25, 0.3) is 0 Å². The molecular formula is C8H12N2O4S. The van der Waals surface area contributed by atoms with E-state index in [0.717, 1.165) is 11.3 Å². The summed E-state index contributed by atoms with van der Waals surface area (Å²) in [6.45, 7) is 0.229. The molecule has 15 heavy (non-hydrogen) atoms. The summed E-state index contributed by atoms with van der Waals surface area (Å²) in [7, 11) is 1.65. The Balaban J connectivity index is 2.73. The van der Waals surface area contributed by atoms with Crippen LogP contribution < -0.4 is 5.32 Å². The Bertz CT molecular complexity index is 341. The highest BCUT2D eigenvalue weighted by atomic mass is 32.1. The van der Waals surface area contributed by atoms with Gasteiger partial charge in [0, 0.05) is 17.5 Å². The van der Waals surface area contributed by atoms with Crippen molar-refractivity contribution in [2.45, 2.75) is 12.2 Å². The highest BCUT2D eigenvalue weighted by molar-refractivity contribution is 7.15. The quantitative estimate of drug-likeness (QED) is 0.500. The molecule has 0 amide bonds. The first-order valence-corrected chi connectivity index (χ1v) is 5.12. The third kappa shape index (κ3) is 2.96. The number of thiophene rings is 1. The molecule has 1 aromatic heterocycles. The normalized spacial score (nSPS) is 14.9. The lowest BCUT2D eigenvalue weighted by molar-refractivity contribution is -0.380. The van der Waals surface area contributed by atoms with Crippen molar-refractivity contribution < 1.29 is 15.1 Å². The third-order valence-electron chi connectivity index (χ3n) is 1.86. The van der Waals surface area contributed by atoms with Crippen molar-refractivity contribution in [3.63, 3.8) is 0 Å². The fourth-order valence-corrected chi connectivity index (χ4v) is 1.98. The molecular weight excluding hydrogens is 220 g/mol. The van der Waals surface area contributed by atoms with Crippen molar-refractivity contribution in [2.75, 3.05) is 13.6 Å². The lowest BCUT2D eigenvalue weighted by atomic mass is 10.2. The summed E-state index contributed by atoms with van der Waals surface area (Å²) in [5, 5.41) is 32.1. The Morgan fingerprint density at radius 1 is 1.60 bits per heavy atom. The van der Waals surface area contributed by atoms with E-state index in [1.165, 1.54) is 12.1 Å². The van der Waals surface area contributed by atoms with Gasteiger partial charge in [0.1, 0.15) is 6.10 Å². The Labute approximate surface area is 90.3 Å². The number of rotatable bonds is 5. The molecule has 0 aliphatic rings. The molecule has 7 heteroatoms. The number of nitro groups is 1. The van der Waals surface area contributed by atoms with Crippen LogP contribution in [-0.4, -0.2) is 34.8 Å². The highest BCUT2D eigenvalue weighted by Crippen LogP contribution is 2.30. The van der Waals surface area contributed by atoms with Gasteiger partial charge < -0.3 is 15.5 Å². The van der Waals surface area contributed by atoms with Gasteiger partial charge in [0.15, 0.2) is 0 Å². The molecule has 0 aliphatic heterocycles. The van der Waals surface area contributed by atoms with E-state index < -0.39 is 17.1 Å². The number of hydrogen-bond acceptors (Lipinski definition) is 6. The minimum atomic E-state index is -1.09. The van der Waals surface area contributed by atoms with Crippen molar-refractivity contribution in [1.82, 2.24) is 5.32 Å². The summed E-state index contributed by atoms with van der Waals surface area (Å²) in [4.78, 5) is 10.3. The second kappa shape index (κ2) is 5.17. The average Bonchev–Trinajstić information content (AvgIpc) is 2.65. The second-order valence-corrected chi connectivity index (χ2v) is 4.10. The zero-order valence-corrected chi connectivity index (χ0v) is 8.90. The fourth-order valence-electron chi connectivity index (χ4n) is 1.11. The Kier molecular flexibility index (Phi) is 4.15. The van der Waals surface area contributed by atoms with E-state index in [9.17, 15) is 20.3 Å². The summed E-state index contributed by atoms with van der Waals surface area (Å²) in [5.74, 6) is 0. The first kappa shape index (κ1) is 12.1. The zero-order chi connectivity index (χ0) is 11.4. The number of aliphatic hydroxyl groups is 2. The molecule has 0 saturated heterocycles. The van der Waals surface area contributed by atoms with Crippen molar-refractivity contribution in [3.05, 3.63) is 27.1 Å². The molecule has 0 aromatic carbocycles. The summed E-state index contributed by atoms with van der Waals surface area (Å²) in [6.07, 6.45) is -2.05. The van der Waals surface area contributed by atoms with Gasteiger partial charge in [0.05, 0.1) is 11.0 Å². The molecule has 1 heterocycles. The topological polar surface area (TPSA) is 95.6 Å². The molecule has 3 N–H and O–H groups in total. The first-order valence-electron chi connectivity index (χ1n) is 4.31. The van der Waals surface area contributed by atoms with E-state index >= 15 is 0 Å². The first-order chi connectivity index (χ1) is 7.06. The standard InChI is InChI=1S/C8H12N2O4S/c1-9-4-5(11)8(12)6-2-3-7(15-6)10(13)14/h2-3,5,8-9,11-12H,4H2,1H3. The van der Waals surface area contributed by atoms with Gasteiger partial charge in [-0.25, -0.2) is 0 Å². The summed E-state index contributed by atoms with van der Waals surface area (Å²) in [5.41, 5.74) is 0. The maximum Gasteiger partial charge on any atom is 0.324 e. The minimum Gasteiger partial charge on any atom is -0.389 e. The van der Waals surface area contributed by atoms with Gasteiger partial charge in [-0.3, -0.25) is 10.1 Å².